The van der Waals surface area contributed by atoms with Crippen molar-refractivity contribution in [1.29, 1.82) is 0 Å². The normalized spacial score (nSPS) is 19.8. The molecule has 2 aromatic rings. The third-order valence-electron chi connectivity index (χ3n) is 3.94. The Morgan fingerprint density at radius 2 is 2.43 bits per heavy atom. The van der Waals surface area contributed by atoms with E-state index in [1.165, 1.54) is 0 Å². The van der Waals surface area contributed by atoms with Gasteiger partial charge in [-0.3, -0.25) is 9.69 Å². The van der Waals surface area contributed by atoms with Gasteiger partial charge in [0.25, 0.3) is 0 Å². The van der Waals surface area contributed by atoms with Gasteiger partial charge in [0.15, 0.2) is 5.58 Å². The maximum Gasteiger partial charge on any atom is 0.224 e. The van der Waals surface area contributed by atoms with Gasteiger partial charge in [-0.05, 0) is 37.6 Å². The van der Waals surface area contributed by atoms with Crippen molar-refractivity contribution in [3.05, 3.63) is 24.1 Å². The number of nitrogen functional groups attached to an aromatic ring is 1. The second kappa shape index (κ2) is 5.73. The topological polar surface area (TPSA) is 84.4 Å². The van der Waals surface area contributed by atoms with E-state index in [1.54, 1.807) is 13.1 Å². The summed E-state index contributed by atoms with van der Waals surface area (Å²) in [6, 6.07) is 5.45. The number of aromatic nitrogens is 1. The number of amides is 1. The van der Waals surface area contributed by atoms with Gasteiger partial charge < -0.3 is 15.5 Å². The molecular weight excluding hydrogens is 268 g/mol. The minimum atomic E-state index is 0.0590. The van der Waals surface area contributed by atoms with Crippen LogP contribution >= 0.6 is 0 Å². The summed E-state index contributed by atoms with van der Waals surface area (Å²) in [5.41, 5.74) is 7.96. The summed E-state index contributed by atoms with van der Waals surface area (Å²) in [5.74, 6) is 0.849. The van der Waals surface area contributed by atoms with Crippen molar-refractivity contribution < 1.29 is 9.21 Å². The molecule has 3 rings (SSSR count). The minimum Gasteiger partial charge on any atom is -0.439 e. The fraction of sp³-hybridized carbons (Fsp3) is 0.467. The molecule has 1 fully saturated rings. The summed E-state index contributed by atoms with van der Waals surface area (Å²) in [6.45, 7) is 2.34. The smallest absolute Gasteiger partial charge is 0.224 e. The highest BCUT2D eigenvalue weighted by molar-refractivity contribution is 5.78. The van der Waals surface area contributed by atoms with E-state index in [0.717, 1.165) is 37.0 Å². The first-order valence-corrected chi connectivity index (χ1v) is 7.24. The maximum atomic E-state index is 11.8. The van der Waals surface area contributed by atoms with Crippen molar-refractivity contribution in [2.75, 3.05) is 25.9 Å². The molecule has 1 aromatic heterocycles. The molecule has 0 radical (unpaired) electrons. The van der Waals surface area contributed by atoms with Crippen molar-refractivity contribution in [2.45, 2.75) is 19.4 Å². The molecule has 3 N–H and O–H groups in total. The van der Waals surface area contributed by atoms with Gasteiger partial charge in [-0.25, -0.2) is 4.98 Å². The first-order valence-electron chi connectivity index (χ1n) is 7.24. The number of anilines is 1. The second-order valence-electron chi connectivity index (χ2n) is 5.52. The van der Waals surface area contributed by atoms with Crippen molar-refractivity contribution >= 4 is 22.7 Å². The van der Waals surface area contributed by atoms with Crippen LogP contribution in [0.2, 0.25) is 0 Å². The van der Waals surface area contributed by atoms with Crippen molar-refractivity contribution in [3.63, 3.8) is 0 Å². The molecule has 2 heterocycles. The van der Waals surface area contributed by atoms with Crippen LogP contribution in [0.25, 0.3) is 11.1 Å². The SMILES string of the molecule is CNC(=O)C1CCCN(Cc2nc3cc(N)ccc3o2)C1. The Hall–Kier alpha value is -2.08. The maximum absolute atomic E-state index is 11.8. The first-order chi connectivity index (χ1) is 10.2. The molecule has 1 unspecified atom stereocenters. The van der Waals surface area contributed by atoms with E-state index < -0.39 is 0 Å². The molecule has 1 aromatic carbocycles. The number of piperidine rings is 1. The number of carbonyl (C=O) groups excluding carboxylic acids is 1. The zero-order valence-electron chi connectivity index (χ0n) is 12.1. The molecule has 1 atom stereocenters. The number of nitrogens with two attached hydrogens (primary N) is 1. The zero-order chi connectivity index (χ0) is 14.8. The Balaban J connectivity index is 1.71. The molecule has 0 aliphatic carbocycles. The first kappa shape index (κ1) is 13.9. The fourth-order valence-electron chi connectivity index (χ4n) is 2.87. The highest BCUT2D eigenvalue weighted by Crippen LogP contribution is 2.22. The number of rotatable bonds is 3. The Kier molecular flexibility index (Phi) is 3.79. The van der Waals surface area contributed by atoms with Crippen LogP contribution in [0.3, 0.4) is 0 Å². The van der Waals surface area contributed by atoms with Crippen LogP contribution in [0, 0.1) is 5.92 Å². The summed E-state index contributed by atoms with van der Waals surface area (Å²) in [4.78, 5) is 18.4. The monoisotopic (exact) mass is 288 g/mol. The largest absolute Gasteiger partial charge is 0.439 e. The molecule has 6 nitrogen and oxygen atoms in total. The van der Waals surface area contributed by atoms with Gasteiger partial charge in [-0.2, -0.15) is 0 Å². The number of likely N-dealkylation sites (tertiary alicyclic amines) is 1. The molecule has 6 heteroatoms. The van der Waals surface area contributed by atoms with Crippen LogP contribution in [0.4, 0.5) is 5.69 Å². The predicted octanol–water partition coefficient (Wildman–Crippen LogP) is 1.37. The van der Waals surface area contributed by atoms with E-state index in [0.29, 0.717) is 18.1 Å². The van der Waals surface area contributed by atoms with E-state index in [4.69, 9.17) is 10.2 Å². The summed E-state index contributed by atoms with van der Waals surface area (Å²) in [5, 5.41) is 2.73. The molecular formula is C15H20N4O2. The van der Waals surface area contributed by atoms with Gasteiger partial charge in [0.05, 0.1) is 12.5 Å². The molecule has 1 aliphatic heterocycles. The summed E-state index contributed by atoms with van der Waals surface area (Å²) >= 11 is 0. The highest BCUT2D eigenvalue weighted by Gasteiger charge is 2.25. The van der Waals surface area contributed by atoms with Crippen LogP contribution in [0.1, 0.15) is 18.7 Å². The fourth-order valence-corrected chi connectivity index (χ4v) is 2.87. The molecule has 1 amide bonds. The summed E-state index contributed by atoms with van der Waals surface area (Å²) in [7, 11) is 1.69. The van der Waals surface area contributed by atoms with Gasteiger partial charge in [0.1, 0.15) is 5.52 Å². The lowest BCUT2D eigenvalue weighted by molar-refractivity contribution is -0.126. The third-order valence-corrected chi connectivity index (χ3v) is 3.94. The summed E-state index contributed by atoms with van der Waals surface area (Å²) < 4.78 is 5.74. The lowest BCUT2D eigenvalue weighted by atomic mass is 9.97. The van der Waals surface area contributed by atoms with Gasteiger partial charge >= 0.3 is 0 Å². The standard InChI is InChI=1S/C15H20N4O2/c1-17-15(20)10-3-2-6-19(8-10)9-14-18-12-7-11(16)4-5-13(12)21-14/h4-5,7,10H,2-3,6,8-9,16H2,1H3,(H,17,20). The van der Waals surface area contributed by atoms with Gasteiger partial charge in [0, 0.05) is 19.3 Å². The lowest BCUT2D eigenvalue weighted by Crippen LogP contribution is -2.41. The average molecular weight is 288 g/mol. The molecule has 1 saturated heterocycles. The van der Waals surface area contributed by atoms with E-state index in [1.807, 2.05) is 12.1 Å². The van der Waals surface area contributed by atoms with E-state index in [9.17, 15) is 4.79 Å². The predicted molar refractivity (Wildman–Crippen MR) is 80.5 cm³/mol. The Morgan fingerprint density at radius 1 is 1.57 bits per heavy atom. The quantitative estimate of drug-likeness (QED) is 0.833. The van der Waals surface area contributed by atoms with Gasteiger partial charge in [0.2, 0.25) is 11.8 Å². The number of nitrogens with one attached hydrogen (secondary N) is 1. The molecule has 1 aliphatic rings. The Bertz CT molecular complexity index is 652. The van der Waals surface area contributed by atoms with Gasteiger partial charge in [-0.15, -0.1) is 0 Å². The minimum absolute atomic E-state index is 0.0590. The number of nitrogens with zero attached hydrogens (tertiary/aromatic N) is 2. The Morgan fingerprint density at radius 3 is 3.24 bits per heavy atom. The van der Waals surface area contributed by atoms with Crippen LogP contribution in [-0.2, 0) is 11.3 Å². The van der Waals surface area contributed by atoms with Crippen LogP contribution in [0.15, 0.2) is 22.6 Å². The van der Waals surface area contributed by atoms with Crippen molar-refractivity contribution in [1.82, 2.24) is 15.2 Å². The zero-order valence-corrected chi connectivity index (χ0v) is 12.1. The van der Waals surface area contributed by atoms with Gasteiger partial charge in [-0.1, -0.05) is 0 Å². The lowest BCUT2D eigenvalue weighted by Gasteiger charge is -2.30. The number of benzene rings is 1. The molecule has 0 bridgehead atoms. The molecule has 0 saturated carbocycles. The van der Waals surface area contributed by atoms with Crippen LogP contribution in [-0.4, -0.2) is 35.9 Å². The number of oxazole rings is 1. The van der Waals surface area contributed by atoms with Crippen LogP contribution < -0.4 is 11.1 Å². The summed E-state index contributed by atoms with van der Waals surface area (Å²) in [6.07, 6.45) is 1.96. The number of carbonyl (C=O) groups is 1. The molecule has 0 spiro atoms. The highest BCUT2D eigenvalue weighted by atomic mass is 16.3. The number of hydrogen-bond donors (Lipinski definition) is 2. The average Bonchev–Trinajstić information content (AvgIpc) is 2.88. The van der Waals surface area contributed by atoms with E-state index in [2.05, 4.69) is 15.2 Å². The number of fused-ring (bicyclic) bond motifs is 1. The second-order valence-corrected chi connectivity index (χ2v) is 5.52. The molecule has 21 heavy (non-hydrogen) atoms. The van der Waals surface area contributed by atoms with E-state index >= 15 is 0 Å². The van der Waals surface area contributed by atoms with Crippen molar-refractivity contribution in [3.8, 4) is 0 Å². The van der Waals surface area contributed by atoms with Crippen LogP contribution in [0.5, 0.6) is 0 Å². The van der Waals surface area contributed by atoms with Crippen molar-refractivity contribution in [2.24, 2.45) is 5.92 Å². The Labute approximate surface area is 123 Å². The van der Waals surface area contributed by atoms with E-state index in [-0.39, 0.29) is 11.8 Å². The molecule has 112 valence electrons. The number of hydrogen-bond acceptors (Lipinski definition) is 5. The third kappa shape index (κ3) is 3.00.